The van der Waals surface area contributed by atoms with Gasteiger partial charge >= 0.3 is 5.97 Å². The highest BCUT2D eigenvalue weighted by Gasteiger charge is 2.40. The molecule has 0 saturated carbocycles. The van der Waals surface area contributed by atoms with Crippen LogP contribution in [0.3, 0.4) is 0 Å². The number of nitrogens with one attached hydrogen (secondary N) is 7. The largest absolute Gasteiger partial charge is 0.420 e. The van der Waals surface area contributed by atoms with Crippen LogP contribution < -0.4 is 42.0 Å². The van der Waals surface area contributed by atoms with Crippen molar-refractivity contribution in [3.63, 3.8) is 0 Å². The molecule has 0 unspecified atom stereocenters. The van der Waals surface area contributed by atoms with Gasteiger partial charge in [-0.05, 0) is 57.8 Å². The molecule has 1 aromatic rings. The summed E-state index contributed by atoms with van der Waals surface area (Å²) in [6.07, 6.45) is -8.65. The number of benzene rings is 1. The van der Waals surface area contributed by atoms with Gasteiger partial charge in [-0.2, -0.15) is 8.78 Å². The zero-order valence-electron chi connectivity index (χ0n) is 74.5. The Hall–Kier alpha value is -6.45. The number of ether oxygens (including phenoxy) is 19. The monoisotopic (exact) mass is 1910 g/mol. The summed E-state index contributed by atoms with van der Waals surface area (Å²) in [7, 11) is 0. The van der Waals surface area contributed by atoms with Gasteiger partial charge in [0, 0.05) is 123 Å². The number of rotatable bonds is 80. The maximum absolute atomic E-state index is 13.9. The van der Waals surface area contributed by atoms with E-state index in [0.29, 0.717) is 90.8 Å². The summed E-state index contributed by atoms with van der Waals surface area (Å²) in [5.74, 6) is -16.7. The normalized spacial score (nSPS) is 20.4. The molecule has 0 aliphatic carbocycles. The van der Waals surface area contributed by atoms with E-state index in [0.717, 1.165) is 0 Å². The SMILES string of the molecule is O=C(CCCCO[C@H]1C[C@@H](O)[C@@H](O)[C@@H](CO)O1)NCCCNC(=O)CCOCC(COCCC(=O)NCCCNC(=O)CCCCO[C@H]1C[C@@H](O)[C@@H](O)[C@@H](CO)O1)(COCCC(=O)NCCCNC(=O)CCCCO[C@H]1C[C@@H](O)[C@@H](O)[C@@H](CO)O1)NC(=O)CCOCCOCCOCCOCCOCCOCCOCCOCCOCCC(=O)Oc1c(F)c(F)c(F)c(F)c1F. The van der Waals surface area contributed by atoms with E-state index in [-0.39, 0.29) is 284 Å². The van der Waals surface area contributed by atoms with Gasteiger partial charge in [0.1, 0.15) is 42.2 Å². The van der Waals surface area contributed by atoms with Crippen molar-refractivity contribution >= 4 is 47.3 Å². The first kappa shape index (κ1) is 117. The first-order valence-corrected chi connectivity index (χ1v) is 44.6. The van der Waals surface area contributed by atoms with Crippen molar-refractivity contribution in [3.05, 3.63) is 29.1 Å². The first-order chi connectivity index (χ1) is 63.3. The number of carbonyl (C=O) groups is 8. The average molecular weight is 1910 g/mol. The highest BCUT2D eigenvalue weighted by atomic mass is 19.2. The fraction of sp³-hybridized carbons (Fsp3) is 0.831. The third-order valence-corrected chi connectivity index (χ3v) is 19.7. The maximum Gasteiger partial charge on any atom is 0.313 e. The topological polar surface area (TPSA) is 578 Å². The highest BCUT2D eigenvalue weighted by Crippen LogP contribution is 2.30. The van der Waals surface area contributed by atoms with E-state index >= 15 is 0 Å². The summed E-state index contributed by atoms with van der Waals surface area (Å²) >= 11 is 0. The zero-order chi connectivity index (χ0) is 95.5. The second-order valence-corrected chi connectivity index (χ2v) is 30.5. The van der Waals surface area contributed by atoms with Crippen LogP contribution in [0.1, 0.15) is 128 Å². The van der Waals surface area contributed by atoms with Crippen molar-refractivity contribution in [1.29, 1.82) is 0 Å². The molecule has 12 atom stereocenters. The van der Waals surface area contributed by atoms with E-state index in [1.807, 2.05) is 0 Å². The summed E-state index contributed by atoms with van der Waals surface area (Å²) in [4.78, 5) is 103. The predicted octanol–water partition coefficient (Wildman–Crippen LogP) is -2.79. The Balaban J connectivity index is 1.17. The fourth-order valence-electron chi connectivity index (χ4n) is 12.4. The van der Waals surface area contributed by atoms with Gasteiger partial charge in [-0.25, -0.2) is 13.2 Å². The lowest BCUT2D eigenvalue weighted by molar-refractivity contribution is -0.257. The van der Waals surface area contributed by atoms with Crippen LogP contribution in [0.25, 0.3) is 0 Å². The van der Waals surface area contributed by atoms with Crippen LogP contribution in [-0.4, -0.2) is 410 Å². The number of aliphatic hydroxyl groups is 9. The Morgan fingerprint density at radius 2 is 0.527 bits per heavy atom. The number of aliphatic hydroxyl groups excluding tert-OH is 9. The van der Waals surface area contributed by atoms with Crippen LogP contribution in [0, 0.1) is 29.1 Å². The zero-order valence-corrected chi connectivity index (χ0v) is 74.5. The van der Waals surface area contributed by atoms with E-state index in [9.17, 15) is 106 Å². The van der Waals surface area contributed by atoms with Gasteiger partial charge in [-0.1, -0.05) is 0 Å². The molecule has 16 N–H and O–H groups in total. The van der Waals surface area contributed by atoms with Crippen LogP contribution in [-0.2, 0) is 124 Å². The highest BCUT2D eigenvalue weighted by molar-refractivity contribution is 5.79. The summed E-state index contributed by atoms with van der Waals surface area (Å²) < 4.78 is 172. The van der Waals surface area contributed by atoms with Crippen molar-refractivity contribution < 1.29 is 196 Å². The van der Waals surface area contributed by atoms with Gasteiger partial charge in [0.2, 0.25) is 76.2 Å². The molecule has 758 valence electrons. The van der Waals surface area contributed by atoms with Gasteiger partial charge in [-0.3, -0.25) is 38.4 Å². The van der Waals surface area contributed by atoms with Gasteiger partial charge in [0.25, 0.3) is 0 Å². The minimum atomic E-state index is -2.38. The number of carbonyl (C=O) groups excluding carboxylic acids is 8. The molecule has 0 bridgehead atoms. The Morgan fingerprint density at radius 1 is 0.290 bits per heavy atom. The van der Waals surface area contributed by atoms with E-state index in [1.165, 1.54) is 0 Å². The second-order valence-electron chi connectivity index (χ2n) is 30.5. The van der Waals surface area contributed by atoms with Gasteiger partial charge < -0.3 is 173 Å². The number of amides is 7. The van der Waals surface area contributed by atoms with E-state index in [1.54, 1.807) is 0 Å². The van der Waals surface area contributed by atoms with Crippen LogP contribution in [0.5, 0.6) is 5.75 Å². The standard InChI is InChI=1S/C83H140F5N7O36/c84-74-75(85)77(87)82(78(88)76(74)86)131-70(109)17-31-114-33-35-116-37-39-118-41-43-120-45-47-121-46-44-119-42-40-117-38-36-115-34-32-113-27-16-69(108)95-83(54-122-28-13-66(105)92-21-7-18-89-63(102)10-1-4-24-125-71-48-57(99)79(110)60(51-96)128-71,55-123-29-14-67(106)93-22-8-19-90-64(103)11-2-5-25-126-72-49-58(100)80(111)61(52-97)129-72)56-124-30-15-68(107)94-23-9-20-91-65(104)12-3-6-26-127-73-50-59(101)81(112)62(53-98)130-73/h57-62,71-73,79-81,96-101,110-112H,1-56H2,(H,89,102)(H,90,103)(H,91,104)(H,92,105)(H,93,106)(H,94,107)(H,95,108)/t57-,58-,59-,60-,61-,62-,71-,72-,73-,79-,80-,81-/m1/s1. The molecule has 48 heteroatoms. The smallest absolute Gasteiger partial charge is 0.313 e. The molecule has 3 aliphatic heterocycles. The van der Waals surface area contributed by atoms with Crippen molar-refractivity contribution in [1.82, 2.24) is 37.2 Å². The quantitative estimate of drug-likeness (QED) is 0.00783. The van der Waals surface area contributed by atoms with Gasteiger partial charge in [0.15, 0.2) is 18.9 Å². The third kappa shape index (κ3) is 53.6. The summed E-state index contributed by atoms with van der Waals surface area (Å²) in [5.41, 5.74) is -1.49. The predicted molar refractivity (Wildman–Crippen MR) is 444 cm³/mol. The summed E-state index contributed by atoms with van der Waals surface area (Å²) in [6.45, 7) is 2.69. The molecule has 131 heavy (non-hydrogen) atoms. The minimum absolute atomic E-state index is 0.0228. The Labute approximate surface area is 758 Å². The molecule has 0 aromatic heterocycles. The van der Waals surface area contributed by atoms with Gasteiger partial charge in [0.05, 0.1) is 203 Å². The molecule has 0 spiro atoms. The molecule has 7 amide bonds. The summed E-state index contributed by atoms with van der Waals surface area (Å²) in [6, 6.07) is 0. The molecule has 3 heterocycles. The van der Waals surface area contributed by atoms with Crippen molar-refractivity contribution in [2.45, 2.75) is 208 Å². The van der Waals surface area contributed by atoms with Crippen molar-refractivity contribution in [2.24, 2.45) is 0 Å². The van der Waals surface area contributed by atoms with Crippen LogP contribution in [0.15, 0.2) is 0 Å². The molecule has 3 saturated heterocycles. The van der Waals surface area contributed by atoms with E-state index in [2.05, 4.69) is 42.0 Å². The number of hydrogen-bond donors (Lipinski definition) is 16. The third-order valence-electron chi connectivity index (χ3n) is 19.7. The fourth-order valence-corrected chi connectivity index (χ4v) is 12.4. The van der Waals surface area contributed by atoms with Crippen LogP contribution in [0.2, 0.25) is 0 Å². The number of hydrogen-bond acceptors (Lipinski definition) is 36. The Morgan fingerprint density at radius 3 is 0.802 bits per heavy atom. The Bertz CT molecular complexity index is 3050. The summed E-state index contributed by atoms with van der Waals surface area (Å²) in [5, 5.41) is 108. The van der Waals surface area contributed by atoms with E-state index < -0.39 is 152 Å². The average Bonchev–Trinajstić information content (AvgIpc) is 0.794. The molecule has 3 fully saturated rings. The molecule has 3 aliphatic rings. The number of halogens is 5. The first-order valence-electron chi connectivity index (χ1n) is 44.6. The van der Waals surface area contributed by atoms with Crippen molar-refractivity contribution in [2.75, 3.05) is 237 Å². The molecule has 1 aromatic carbocycles. The minimum Gasteiger partial charge on any atom is -0.420 e. The van der Waals surface area contributed by atoms with Gasteiger partial charge in [-0.15, -0.1) is 0 Å². The van der Waals surface area contributed by atoms with Crippen LogP contribution in [0.4, 0.5) is 22.0 Å². The molecular weight excluding hydrogens is 1770 g/mol. The Kier molecular flexibility index (Phi) is 65.0. The second kappa shape index (κ2) is 72.9. The molecule has 0 radical (unpaired) electrons. The molecule has 4 rings (SSSR count). The molecular formula is C83H140F5N7O36. The maximum atomic E-state index is 13.9. The number of unbranched alkanes of at least 4 members (excludes halogenated alkanes) is 3. The lowest BCUT2D eigenvalue weighted by atomic mass is 10.0. The molecule has 43 nitrogen and oxygen atoms in total. The lowest BCUT2D eigenvalue weighted by Crippen LogP contribution is -2.59. The number of esters is 1. The lowest BCUT2D eigenvalue weighted by Gasteiger charge is -2.36. The van der Waals surface area contributed by atoms with Crippen molar-refractivity contribution in [3.8, 4) is 5.75 Å². The van der Waals surface area contributed by atoms with E-state index in [4.69, 9.17) is 85.3 Å². The van der Waals surface area contributed by atoms with Crippen LogP contribution >= 0.6 is 0 Å².